The minimum absolute atomic E-state index is 0.0618. The predicted molar refractivity (Wildman–Crippen MR) is 114 cm³/mol. The van der Waals surface area contributed by atoms with E-state index in [1.165, 1.54) is 6.07 Å². The molecule has 0 aromatic carbocycles. The summed E-state index contributed by atoms with van der Waals surface area (Å²) in [4.78, 5) is 20.7. The van der Waals surface area contributed by atoms with E-state index >= 15 is 0 Å². The zero-order valence-corrected chi connectivity index (χ0v) is 19.5. The van der Waals surface area contributed by atoms with Gasteiger partial charge in [-0.3, -0.25) is 4.79 Å². The molecule has 0 unspecified atom stereocenters. The maximum Gasteiger partial charge on any atom is 0.420 e. The summed E-state index contributed by atoms with van der Waals surface area (Å²) in [5.41, 5.74) is -1.92. The lowest BCUT2D eigenvalue weighted by Gasteiger charge is -2.33. The van der Waals surface area contributed by atoms with E-state index in [9.17, 15) is 30.8 Å². The molecule has 33 heavy (non-hydrogen) atoms. The van der Waals surface area contributed by atoms with Gasteiger partial charge in [-0.05, 0) is 26.3 Å². The fourth-order valence-electron chi connectivity index (χ4n) is 3.90. The summed E-state index contributed by atoms with van der Waals surface area (Å²) in [6.07, 6.45) is -4.64. The zero-order chi connectivity index (χ0) is 24.3. The largest absolute Gasteiger partial charge is 0.420 e. The highest BCUT2D eigenvalue weighted by Gasteiger charge is 2.41. The molecule has 2 N–H and O–H groups in total. The SMILES string of the molecule is CC1(C)NC(=O)c2cc(-c3nc(N[C@H]4CCN(S(C)(=O)=O)C[C@H]4F)ncc3C(F)(F)F)sc21. The highest BCUT2D eigenvalue weighted by Crippen LogP contribution is 2.44. The van der Waals surface area contributed by atoms with Crippen molar-refractivity contribution in [2.24, 2.45) is 0 Å². The van der Waals surface area contributed by atoms with Gasteiger partial charge in [0.15, 0.2) is 0 Å². The molecule has 4 heterocycles. The molecule has 0 saturated carbocycles. The fraction of sp³-hybridized carbons (Fsp3) is 0.526. The number of hydrogen-bond donors (Lipinski definition) is 2. The van der Waals surface area contributed by atoms with Gasteiger partial charge in [0.2, 0.25) is 16.0 Å². The van der Waals surface area contributed by atoms with E-state index in [-0.39, 0.29) is 36.2 Å². The van der Waals surface area contributed by atoms with E-state index in [2.05, 4.69) is 20.6 Å². The monoisotopic (exact) mass is 507 g/mol. The van der Waals surface area contributed by atoms with Crippen molar-refractivity contribution < 1.29 is 30.8 Å². The van der Waals surface area contributed by atoms with Crippen LogP contribution in [0, 0.1) is 0 Å². The molecule has 1 saturated heterocycles. The van der Waals surface area contributed by atoms with Crippen molar-refractivity contribution in [3.8, 4) is 10.6 Å². The molecule has 8 nitrogen and oxygen atoms in total. The van der Waals surface area contributed by atoms with Crippen molar-refractivity contribution in [1.82, 2.24) is 19.6 Å². The number of aromatic nitrogens is 2. The summed E-state index contributed by atoms with van der Waals surface area (Å²) in [5, 5.41) is 5.47. The van der Waals surface area contributed by atoms with Crippen molar-refractivity contribution in [2.45, 2.75) is 44.2 Å². The topological polar surface area (TPSA) is 104 Å². The fourth-order valence-corrected chi connectivity index (χ4v) is 5.97. The number of thiophene rings is 1. The van der Waals surface area contributed by atoms with Gasteiger partial charge in [0.25, 0.3) is 5.91 Å². The van der Waals surface area contributed by atoms with Crippen LogP contribution in [-0.4, -0.2) is 60.2 Å². The second kappa shape index (κ2) is 7.87. The molecule has 180 valence electrons. The molecule has 0 radical (unpaired) electrons. The number of anilines is 1. The first kappa shape index (κ1) is 23.8. The second-order valence-corrected chi connectivity index (χ2v) is 11.6. The molecule has 2 aliphatic heterocycles. The molecule has 2 aromatic rings. The third kappa shape index (κ3) is 4.55. The van der Waals surface area contributed by atoms with Crippen LogP contribution in [0.1, 0.15) is 41.1 Å². The number of sulfonamides is 1. The van der Waals surface area contributed by atoms with Gasteiger partial charge in [0, 0.05) is 24.2 Å². The second-order valence-electron chi connectivity index (χ2n) is 8.56. The smallest absolute Gasteiger partial charge is 0.348 e. The number of halogens is 4. The van der Waals surface area contributed by atoms with Crippen LogP contribution < -0.4 is 10.6 Å². The van der Waals surface area contributed by atoms with Gasteiger partial charge in [-0.2, -0.15) is 17.5 Å². The minimum Gasteiger partial charge on any atom is -0.348 e. The van der Waals surface area contributed by atoms with Crippen LogP contribution in [0.15, 0.2) is 12.3 Å². The van der Waals surface area contributed by atoms with Crippen molar-refractivity contribution in [3.63, 3.8) is 0 Å². The minimum atomic E-state index is -4.75. The number of rotatable bonds is 4. The maximum absolute atomic E-state index is 14.6. The summed E-state index contributed by atoms with van der Waals surface area (Å²) in [7, 11) is -3.55. The first-order chi connectivity index (χ1) is 15.2. The first-order valence-electron chi connectivity index (χ1n) is 9.94. The lowest BCUT2D eigenvalue weighted by Crippen LogP contribution is -2.49. The number of piperidine rings is 1. The molecule has 0 aliphatic carbocycles. The first-order valence-corrected chi connectivity index (χ1v) is 12.6. The number of alkyl halides is 4. The van der Waals surface area contributed by atoms with Crippen LogP contribution >= 0.6 is 11.3 Å². The van der Waals surface area contributed by atoms with Crippen molar-refractivity contribution in [2.75, 3.05) is 24.7 Å². The third-order valence-corrected chi connectivity index (χ3v) is 8.32. The van der Waals surface area contributed by atoms with E-state index in [1.807, 2.05) is 0 Å². The molecule has 1 fully saturated rings. The van der Waals surface area contributed by atoms with E-state index < -0.39 is 45.2 Å². The number of amides is 1. The Labute approximate surface area is 191 Å². The van der Waals surface area contributed by atoms with Crippen molar-refractivity contribution >= 4 is 33.2 Å². The number of hydrogen-bond acceptors (Lipinski definition) is 7. The van der Waals surface area contributed by atoms with Gasteiger partial charge < -0.3 is 10.6 Å². The maximum atomic E-state index is 14.6. The summed E-state index contributed by atoms with van der Waals surface area (Å²) in [6, 6.07) is 0.499. The number of fused-ring (bicyclic) bond motifs is 1. The van der Waals surface area contributed by atoms with E-state index in [4.69, 9.17) is 0 Å². The summed E-state index contributed by atoms with van der Waals surface area (Å²) in [6.45, 7) is 3.19. The van der Waals surface area contributed by atoms with Crippen LogP contribution in [0.3, 0.4) is 0 Å². The number of carbonyl (C=O) groups excluding carboxylic acids is 1. The molecular weight excluding hydrogens is 486 g/mol. The molecule has 2 aromatic heterocycles. The average Bonchev–Trinajstić information content (AvgIpc) is 3.22. The Morgan fingerprint density at radius 1 is 1.33 bits per heavy atom. The molecule has 2 aliphatic rings. The lowest BCUT2D eigenvalue weighted by molar-refractivity contribution is -0.137. The van der Waals surface area contributed by atoms with Gasteiger partial charge in [-0.15, -0.1) is 11.3 Å². The Bertz CT molecular complexity index is 1210. The summed E-state index contributed by atoms with van der Waals surface area (Å²) < 4.78 is 79.9. The molecule has 0 bridgehead atoms. The van der Waals surface area contributed by atoms with Crippen LogP contribution in [0.25, 0.3) is 10.6 Å². The highest BCUT2D eigenvalue weighted by atomic mass is 32.2. The number of nitrogens with one attached hydrogen (secondary N) is 2. The molecule has 1 amide bonds. The third-order valence-electron chi connectivity index (χ3n) is 5.59. The molecular formula is C19H21F4N5O3S2. The molecule has 2 atom stereocenters. The van der Waals surface area contributed by atoms with Gasteiger partial charge in [0.05, 0.1) is 34.0 Å². The number of nitrogens with zero attached hydrogens (tertiary/aromatic N) is 3. The Morgan fingerprint density at radius 2 is 2.03 bits per heavy atom. The van der Waals surface area contributed by atoms with Gasteiger partial charge >= 0.3 is 6.18 Å². The van der Waals surface area contributed by atoms with Crippen LogP contribution in [0.2, 0.25) is 0 Å². The zero-order valence-electron chi connectivity index (χ0n) is 17.8. The van der Waals surface area contributed by atoms with Crippen molar-refractivity contribution in [1.29, 1.82) is 0 Å². The predicted octanol–water partition coefficient (Wildman–Crippen LogP) is 2.99. The molecule has 0 spiro atoms. The number of carbonyl (C=O) groups is 1. The quantitative estimate of drug-likeness (QED) is 0.617. The van der Waals surface area contributed by atoms with Gasteiger partial charge in [-0.25, -0.2) is 22.8 Å². The summed E-state index contributed by atoms with van der Waals surface area (Å²) >= 11 is 1.03. The lowest BCUT2D eigenvalue weighted by atomic mass is 10.0. The Morgan fingerprint density at radius 3 is 2.61 bits per heavy atom. The van der Waals surface area contributed by atoms with E-state index in [1.54, 1.807) is 13.8 Å². The van der Waals surface area contributed by atoms with E-state index in [0.29, 0.717) is 16.6 Å². The van der Waals surface area contributed by atoms with Crippen LogP contribution in [-0.2, 0) is 21.7 Å². The normalized spacial score (nSPS) is 23.3. The van der Waals surface area contributed by atoms with E-state index in [0.717, 1.165) is 21.9 Å². The van der Waals surface area contributed by atoms with Crippen LogP contribution in [0.4, 0.5) is 23.5 Å². The Hall–Kier alpha value is -2.32. The van der Waals surface area contributed by atoms with Crippen LogP contribution in [0.5, 0.6) is 0 Å². The Balaban J connectivity index is 1.67. The van der Waals surface area contributed by atoms with Crippen molar-refractivity contribution in [3.05, 3.63) is 28.3 Å². The summed E-state index contributed by atoms with van der Waals surface area (Å²) in [5.74, 6) is -0.591. The van der Waals surface area contributed by atoms with Gasteiger partial charge in [0.1, 0.15) is 11.7 Å². The highest BCUT2D eigenvalue weighted by molar-refractivity contribution is 7.88. The average molecular weight is 508 g/mol. The molecule has 4 rings (SSSR count). The molecule has 14 heteroatoms. The standard InChI is InChI=1S/C19H21F4N5O3S2/c1-18(2)15-9(16(29)27-18)6-13(32-15)14-10(19(21,22)23)7-24-17(26-14)25-12-4-5-28(8-11(12)20)33(3,30)31/h6-7,11-12H,4-5,8H2,1-3H3,(H,27,29)(H,24,25,26)/t11-,12+/m1/s1. The van der Waals surface area contributed by atoms with Gasteiger partial charge in [-0.1, -0.05) is 0 Å². The Kier molecular flexibility index (Phi) is 5.69.